The number of thiocarbonyl (C=S) groups is 1. The van der Waals surface area contributed by atoms with Gasteiger partial charge in [-0.05, 0) is 6.92 Å². The van der Waals surface area contributed by atoms with Crippen molar-refractivity contribution < 1.29 is 13.2 Å². The zero-order chi connectivity index (χ0) is 11.6. The van der Waals surface area contributed by atoms with E-state index in [2.05, 4.69) is 0 Å². The molecule has 5 nitrogen and oxygen atoms in total. The molecule has 1 fully saturated rings. The zero-order valence-electron chi connectivity index (χ0n) is 8.47. The molecule has 0 saturated carbocycles. The molecule has 1 saturated heterocycles. The molecule has 0 bridgehead atoms. The quantitative estimate of drug-likeness (QED) is 0.647. The highest BCUT2D eigenvalue weighted by atomic mass is 32.2. The van der Waals surface area contributed by atoms with Gasteiger partial charge in [-0.1, -0.05) is 12.2 Å². The Hall–Kier alpha value is -0.690. The van der Waals surface area contributed by atoms with Crippen molar-refractivity contribution >= 4 is 33.0 Å². The molecule has 1 aliphatic heterocycles. The molecule has 2 N–H and O–H groups in total. The van der Waals surface area contributed by atoms with E-state index in [9.17, 15) is 13.2 Å². The van der Waals surface area contributed by atoms with Crippen LogP contribution in [0, 0.1) is 5.92 Å². The summed E-state index contributed by atoms with van der Waals surface area (Å²) in [6.45, 7) is 2.12. The Morgan fingerprint density at radius 1 is 1.40 bits per heavy atom. The van der Waals surface area contributed by atoms with E-state index in [1.54, 1.807) is 6.92 Å². The monoisotopic (exact) mass is 250 g/mol. The van der Waals surface area contributed by atoms with Crippen LogP contribution in [0.4, 0.5) is 0 Å². The minimum atomic E-state index is -2.95. The van der Waals surface area contributed by atoms with Crippen LogP contribution >= 0.6 is 12.2 Å². The van der Waals surface area contributed by atoms with E-state index in [0.717, 1.165) is 0 Å². The predicted octanol–water partition coefficient (Wildman–Crippen LogP) is -0.834. The van der Waals surface area contributed by atoms with Gasteiger partial charge in [0, 0.05) is 13.1 Å². The van der Waals surface area contributed by atoms with E-state index in [0.29, 0.717) is 0 Å². The second kappa shape index (κ2) is 4.44. The Kier molecular flexibility index (Phi) is 3.67. The molecule has 0 spiro atoms. The van der Waals surface area contributed by atoms with Gasteiger partial charge in [-0.15, -0.1) is 0 Å². The number of amides is 1. The first-order valence-electron chi connectivity index (χ1n) is 4.62. The van der Waals surface area contributed by atoms with Crippen LogP contribution in [-0.4, -0.2) is 48.8 Å². The summed E-state index contributed by atoms with van der Waals surface area (Å²) in [7, 11) is -2.95. The van der Waals surface area contributed by atoms with Crippen LogP contribution in [0.2, 0.25) is 0 Å². The van der Waals surface area contributed by atoms with E-state index in [1.807, 2.05) is 0 Å². The number of carbonyl (C=O) groups excluding carboxylic acids is 1. The molecule has 7 heteroatoms. The van der Waals surface area contributed by atoms with E-state index >= 15 is 0 Å². The number of rotatable bonds is 2. The summed E-state index contributed by atoms with van der Waals surface area (Å²) in [5.41, 5.74) is 5.36. The summed E-state index contributed by atoms with van der Waals surface area (Å²) in [6, 6.07) is 0. The topological polar surface area (TPSA) is 80.5 Å². The average Bonchev–Trinajstić information content (AvgIpc) is 2.15. The van der Waals surface area contributed by atoms with Crippen molar-refractivity contribution in [2.24, 2.45) is 11.7 Å². The number of sulfone groups is 1. The van der Waals surface area contributed by atoms with Crippen molar-refractivity contribution in [2.75, 3.05) is 24.6 Å². The van der Waals surface area contributed by atoms with E-state index in [4.69, 9.17) is 18.0 Å². The molecule has 1 unspecified atom stereocenters. The molecule has 1 rings (SSSR count). The molecule has 1 aliphatic rings. The van der Waals surface area contributed by atoms with Gasteiger partial charge in [0.2, 0.25) is 5.91 Å². The molecule has 86 valence electrons. The summed E-state index contributed by atoms with van der Waals surface area (Å²) < 4.78 is 22.3. The van der Waals surface area contributed by atoms with Crippen LogP contribution in [-0.2, 0) is 14.6 Å². The number of nitrogens with zero attached hydrogens (tertiary/aromatic N) is 1. The third-order valence-corrected chi connectivity index (χ3v) is 4.42. The molecule has 0 radical (unpaired) electrons. The molecule has 1 atom stereocenters. The third kappa shape index (κ3) is 3.13. The minimum Gasteiger partial charge on any atom is -0.393 e. The van der Waals surface area contributed by atoms with Gasteiger partial charge in [-0.3, -0.25) is 4.79 Å². The first-order valence-corrected chi connectivity index (χ1v) is 6.85. The number of carbonyl (C=O) groups is 1. The Bertz CT molecular complexity index is 363. The van der Waals surface area contributed by atoms with Crippen LogP contribution in [0.5, 0.6) is 0 Å². The summed E-state index contributed by atoms with van der Waals surface area (Å²) >= 11 is 4.72. The largest absolute Gasteiger partial charge is 0.393 e. The average molecular weight is 250 g/mol. The fraction of sp³-hybridized carbons (Fsp3) is 0.750. The molecule has 0 aromatic rings. The standard InChI is InChI=1S/C8H14N2O3S2/c1-6(7(9)14)8(11)10-2-4-15(12,13)5-3-10/h6H,2-5H2,1H3,(H2,9,14). The second-order valence-electron chi connectivity index (χ2n) is 3.60. The maximum absolute atomic E-state index is 11.7. The van der Waals surface area contributed by atoms with Crippen LogP contribution in [0.15, 0.2) is 0 Å². The van der Waals surface area contributed by atoms with Crippen molar-refractivity contribution in [2.45, 2.75) is 6.92 Å². The summed E-state index contributed by atoms with van der Waals surface area (Å²) in [5.74, 6) is -0.635. The summed E-state index contributed by atoms with van der Waals surface area (Å²) in [5, 5.41) is 0. The predicted molar refractivity (Wildman–Crippen MR) is 61.2 cm³/mol. The molecular formula is C8H14N2O3S2. The van der Waals surface area contributed by atoms with Crippen LogP contribution in [0.1, 0.15) is 6.92 Å². The van der Waals surface area contributed by atoms with Gasteiger partial charge in [0.1, 0.15) is 0 Å². The van der Waals surface area contributed by atoms with E-state index < -0.39 is 15.8 Å². The van der Waals surface area contributed by atoms with Gasteiger partial charge in [0.15, 0.2) is 9.84 Å². The van der Waals surface area contributed by atoms with Crippen LogP contribution in [0.25, 0.3) is 0 Å². The number of hydrogen-bond donors (Lipinski definition) is 1. The molecule has 15 heavy (non-hydrogen) atoms. The zero-order valence-corrected chi connectivity index (χ0v) is 10.1. The molecule has 0 aromatic heterocycles. The van der Waals surface area contributed by atoms with Crippen molar-refractivity contribution in [3.05, 3.63) is 0 Å². The third-order valence-electron chi connectivity index (χ3n) is 2.45. The smallest absolute Gasteiger partial charge is 0.232 e. The lowest BCUT2D eigenvalue weighted by Crippen LogP contribution is -2.47. The Morgan fingerprint density at radius 2 is 1.87 bits per heavy atom. The Balaban J connectivity index is 2.61. The van der Waals surface area contributed by atoms with Gasteiger partial charge in [-0.2, -0.15) is 0 Å². The SMILES string of the molecule is CC(C(=O)N1CCS(=O)(=O)CC1)C(N)=S. The number of hydrogen-bond acceptors (Lipinski definition) is 4. The lowest BCUT2D eigenvalue weighted by Gasteiger charge is -2.28. The van der Waals surface area contributed by atoms with Crippen molar-refractivity contribution in [1.29, 1.82) is 0 Å². The summed E-state index contributed by atoms with van der Waals surface area (Å²) in [4.78, 5) is 13.4. The fourth-order valence-electron chi connectivity index (χ4n) is 1.33. The maximum Gasteiger partial charge on any atom is 0.232 e. The van der Waals surface area contributed by atoms with Crippen LogP contribution < -0.4 is 5.73 Å². The first kappa shape index (κ1) is 12.4. The highest BCUT2D eigenvalue weighted by Crippen LogP contribution is 2.09. The fourth-order valence-corrected chi connectivity index (χ4v) is 2.63. The number of nitrogens with two attached hydrogens (primary N) is 1. The molecule has 1 heterocycles. The molecule has 0 aliphatic carbocycles. The lowest BCUT2D eigenvalue weighted by atomic mass is 10.1. The van der Waals surface area contributed by atoms with Gasteiger partial charge in [0.05, 0.1) is 22.4 Å². The lowest BCUT2D eigenvalue weighted by molar-refractivity contribution is -0.132. The highest BCUT2D eigenvalue weighted by molar-refractivity contribution is 7.91. The van der Waals surface area contributed by atoms with Gasteiger partial charge in [-0.25, -0.2) is 8.42 Å². The maximum atomic E-state index is 11.7. The van der Waals surface area contributed by atoms with E-state index in [-0.39, 0.29) is 35.5 Å². The van der Waals surface area contributed by atoms with Crippen molar-refractivity contribution in [1.82, 2.24) is 4.90 Å². The summed E-state index contributed by atoms with van der Waals surface area (Å²) in [6.07, 6.45) is 0. The van der Waals surface area contributed by atoms with Crippen molar-refractivity contribution in [3.63, 3.8) is 0 Å². The molecule has 0 aromatic carbocycles. The van der Waals surface area contributed by atoms with Crippen LogP contribution in [0.3, 0.4) is 0 Å². The van der Waals surface area contributed by atoms with Gasteiger partial charge < -0.3 is 10.6 Å². The normalized spacial score (nSPS) is 22.1. The van der Waals surface area contributed by atoms with Crippen molar-refractivity contribution in [3.8, 4) is 0 Å². The molecule has 1 amide bonds. The second-order valence-corrected chi connectivity index (χ2v) is 6.38. The van der Waals surface area contributed by atoms with Gasteiger partial charge >= 0.3 is 0 Å². The molecular weight excluding hydrogens is 236 g/mol. The van der Waals surface area contributed by atoms with E-state index in [1.165, 1.54) is 4.90 Å². The Labute approximate surface area is 94.5 Å². The highest BCUT2D eigenvalue weighted by Gasteiger charge is 2.28. The van der Waals surface area contributed by atoms with Gasteiger partial charge in [0.25, 0.3) is 0 Å². The minimum absolute atomic E-state index is 0.0305. The first-order chi connectivity index (χ1) is 6.83. The Morgan fingerprint density at radius 3 is 2.27 bits per heavy atom.